The van der Waals surface area contributed by atoms with E-state index in [0.29, 0.717) is 0 Å². The second-order valence-electron chi connectivity index (χ2n) is 5.93. The van der Waals surface area contributed by atoms with Gasteiger partial charge in [0, 0.05) is 20.9 Å². The molecule has 23 heavy (non-hydrogen) atoms. The maximum absolute atomic E-state index is 4.69. The Hall–Kier alpha value is -2.52. The van der Waals surface area contributed by atoms with Crippen LogP contribution >= 0.6 is 11.3 Å². The van der Waals surface area contributed by atoms with Crippen molar-refractivity contribution in [3.05, 3.63) is 60.0 Å². The lowest BCUT2D eigenvalue weighted by Crippen LogP contribution is -1.90. The zero-order valence-electron chi connectivity index (χ0n) is 12.9. The molecule has 0 radical (unpaired) electrons. The van der Waals surface area contributed by atoms with Crippen LogP contribution in [0, 0.1) is 13.8 Å². The Balaban J connectivity index is 2.22. The first-order chi connectivity index (χ1) is 11.2. The molecule has 0 fully saturated rings. The molecule has 3 aromatic carbocycles. The second-order valence-corrected chi connectivity index (χ2v) is 6.93. The summed E-state index contributed by atoms with van der Waals surface area (Å²) in [6.45, 7) is 4.06. The molecule has 2 heterocycles. The molecule has 0 N–H and O–H groups in total. The minimum atomic E-state index is 0.843. The normalized spacial score (nSPS) is 11.9. The number of hydrogen-bond donors (Lipinski definition) is 0. The van der Waals surface area contributed by atoms with Crippen molar-refractivity contribution < 1.29 is 0 Å². The number of aromatic nitrogens is 2. The molecule has 110 valence electrons. The quantitative estimate of drug-likeness (QED) is 0.339. The molecule has 0 aliphatic heterocycles. The zero-order valence-corrected chi connectivity index (χ0v) is 13.7. The summed E-state index contributed by atoms with van der Waals surface area (Å²) in [5, 5.41) is 7.72. The van der Waals surface area contributed by atoms with E-state index >= 15 is 0 Å². The van der Waals surface area contributed by atoms with Crippen molar-refractivity contribution in [2.45, 2.75) is 13.8 Å². The SMILES string of the molecule is Cc1nc(C)c2c(n1)sc1c3ccccc3c3ccccc3c12. The number of aryl methyl sites for hydroxylation is 2. The van der Waals surface area contributed by atoms with E-state index in [4.69, 9.17) is 4.98 Å². The fraction of sp³-hybridized carbons (Fsp3) is 0.100. The average Bonchev–Trinajstić information content (AvgIpc) is 2.95. The Morgan fingerprint density at radius 3 is 2.04 bits per heavy atom. The minimum Gasteiger partial charge on any atom is -0.238 e. The molecule has 0 unspecified atom stereocenters. The van der Waals surface area contributed by atoms with Gasteiger partial charge in [-0.15, -0.1) is 11.3 Å². The largest absolute Gasteiger partial charge is 0.238 e. The Morgan fingerprint density at radius 2 is 1.30 bits per heavy atom. The Kier molecular flexibility index (Phi) is 2.53. The van der Waals surface area contributed by atoms with Crippen LogP contribution < -0.4 is 0 Å². The summed E-state index contributed by atoms with van der Waals surface area (Å²) in [5.74, 6) is 0.843. The first-order valence-corrected chi connectivity index (χ1v) is 8.52. The van der Waals surface area contributed by atoms with Gasteiger partial charge in [-0.05, 0) is 30.0 Å². The van der Waals surface area contributed by atoms with Gasteiger partial charge in [0.05, 0.1) is 5.69 Å². The second kappa shape index (κ2) is 4.49. The smallest absolute Gasteiger partial charge is 0.128 e. The highest BCUT2D eigenvalue weighted by molar-refractivity contribution is 7.26. The first kappa shape index (κ1) is 13.0. The van der Waals surface area contributed by atoms with Crippen molar-refractivity contribution in [2.24, 2.45) is 0 Å². The molecule has 0 spiro atoms. The van der Waals surface area contributed by atoms with Gasteiger partial charge in [-0.25, -0.2) is 9.97 Å². The van der Waals surface area contributed by atoms with Crippen LogP contribution in [0.2, 0.25) is 0 Å². The lowest BCUT2D eigenvalue weighted by Gasteiger charge is -2.07. The standard InChI is InChI=1S/C20H14N2S/c1-11-17-18-15-9-5-3-7-13(15)14-8-4-6-10-16(14)19(18)23-20(17)22-12(2)21-11/h3-10H,1-2H3. The predicted molar refractivity (Wildman–Crippen MR) is 99.4 cm³/mol. The molecule has 5 rings (SSSR count). The molecule has 0 amide bonds. The van der Waals surface area contributed by atoms with E-state index in [1.807, 2.05) is 6.92 Å². The van der Waals surface area contributed by atoms with Crippen LogP contribution in [-0.2, 0) is 0 Å². The molecule has 0 saturated carbocycles. The molecule has 2 nitrogen and oxygen atoms in total. The van der Waals surface area contributed by atoms with Gasteiger partial charge in [-0.3, -0.25) is 0 Å². The molecule has 0 aliphatic carbocycles. The van der Waals surface area contributed by atoms with Crippen LogP contribution in [0.4, 0.5) is 0 Å². The number of rotatable bonds is 0. The third-order valence-corrected chi connectivity index (χ3v) is 5.62. The Labute approximate surface area is 137 Å². The van der Waals surface area contributed by atoms with E-state index in [1.54, 1.807) is 11.3 Å². The Bertz CT molecular complexity index is 1230. The maximum atomic E-state index is 4.69. The van der Waals surface area contributed by atoms with Crippen molar-refractivity contribution in [3.63, 3.8) is 0 Å². The van der Waals surface area contributed by atoms with Crippen LogP contribution in [-0.4, -0.2) is 9.97 Å². The summed E-state index contributed by atoms with van der Waals surface area (Å²) in [6, 6.07) is 17.3. The molecule has 0 atom stereocenters. The van der Waals surface area contributed by atoms with E-state index in [1.165, 1.54) is 37.0 Å². The summed E-state index contributed by atoms with van der Waals surface area (Å²) in [7, 11) is 0. The summed E-state index contributed by atoms with van der Waals surface area (Å²) < 4.78 is 1.32. The zero-order chi connectivity index (χ0) is 15.6. The van der Waals surface area contributed by atoms with E-state index in [2.05, 4.69) is 60.4 Å². The predicted octanol–water partition coefficient (Wildman–Crippen LogP) is 5.77. The molecule has 3 heteroatoms. The molecule has 0 aliphatic rings. The van der Waals surface area contributed by atoms with E-state index in [-0.39, 0.29) is 0 Å². The minimum absolute atomic E-state index is 0.843. The highest BCUT2D eigenvalue weighted by Gasteiger charge is 2.16. The van der Waals surface area contributed by atoms with Crippen LogP contribution in [0.3, 0.4) is 0 Å². The topological polar surface area (TPSA) is 25.8 Å². The fourth-order valence-electron chi connectivity index (χ4n) is 3.60. The molecular weight excluding hydrogens is 300 g/mol. The molecule has 0 saturated heterocycles. The van der Waals surface area contributed by atoms with Crippen molar-refractivity contribution >= 4 is 53.2 Å². The van der Waals surface area contributed by atoms with Gasteiger partial charge in [0.1, 0.15) is 10.7 Å². The molecule has 2 aromatic heterocycles. The van der Waals surface area contributed by atoms with Gasteiger partial charge in [-0.2, -0.15) is 0 Å². The maximum Gasteiger partial charge on any atom is 0.128 e. The van der Waals surface area contributed by atoms with Crippen molar-refractivity contribution in [2.75, 3.05) is 0 Å². The van der Waals surface area contributed by atoms with Crippen LogP contribution in [0.25, 0.3) is 41.8 Å². The highest BCUT2D eigenvalue weighted by Crippen LogP contribution is 2.43. The van der Waals surface area contributed by atoms with Gasteiger partial charge in [0.2, 0.25) is 0 Å². The van der Waals surface area contributed by atoms with Gasteiger partial charge < -0.3 is 0 Å². The van der Waals surface area contributed by atoms with Crippen LogP contribution in [0.1, 0.15) is 11.5 Å². The number of hydrogen-bond acceptors (Lipinski definition) is 3. The molecular formula is C20H14N2S. The number of nitrogens with zero attached hydrogens (tertiary/aromatic N) is 2. The summed E-state index contributed by atoms with van der Waals surface area (Å²) in [5.41, 5.74) is 1.07. The number of benzene rings is 3. The lowest BCUT2D eigenvalue weighted by molar-refractivity contribution is 1.06. The monoisotopic (exact) mass is 314 g/mol. The molecule has 5 aromatic rings. The van der Waals surface area contributed by atoms with Crippen LogP contribution in [0.5, 0.6) is 0 Å². The van der Waals surface area contributed by atoms with Gasteiger partial charge in [-0.1, -0.05) is 48.5 Å². The summed E-state index contributed by atoms with van der Waals surface area (Å²) in [6.07, 6.45) is 0. The van der Waals surface area contributed by atoms with Crippen molar-refractivity contribution in [1.82, 2.24) is 9.97 Å². The summed E-state index contributed by atoms with van der Waals surface area (Å²) >= 11 is 1.78. The summed E-state index contributed by atoms with van der Waals surface area (Å²) in [4.78, 5) is 10.4. The highest BCUT2D eigenvalue weighted by atomic mass is 32.1. The van der Waals surface area contributed by atoms with Crippen LogP contribution in [0.15, 0.2) is 48.5 Å². The fourth-order valence-corrected chi connectivity index (χ4v) is 4.93. The average molecular weight is 314 g/mol. The van der Waals surface area contributed by atoms with Gasteiger partial charge in [0.15, 0.2) is 0 Å². The van der Waals surface area contributed by atoms with Crippen molar-refractivity contribution in [1.29, 1.82) is 0 Å². The third kappa shape index (κ3) is 1.68. The van der Waals surface area contributed by atoms with E-state index < -0.39 is 0 Å². The first-order valence-electron chi connectivity index (χ1n) is 7.71. The number of thiophene rings is 1. The third-order valence-electron chi connectivity index (χ3n) is 4.50. The lowest BCUT2D eigenvalue weighted by atomic mass is 9.97. The van der Waals surface area contributed by atoms with Gasteiger partial charge >= 0.3 is 0 Å². The van der Waals surface area contributed by atoms with Crippen molar-refractivity contribution in [3.8, 4) is 0 Å². The van der Waals surface area contributed by atoms with E-state index in [9.17, 15) is 0 Å². The number of fused-ring (bicyclic) bond motifs is 8. The van der Waals surface area contributed by atoms with Gasteiger partial charge in [0.25, 0.3) is 0 Å². The molecule has 0 bridgehead atoms. The van der Waals surface area contributed by atoms with E-state index in [0.717, 1.165) is 16.3 Å². The Morgan fingerprint density at radius 1 is 0.696 bits per heavy atom.